The summed E-state index contributed by atoms with van der Waals surface area (Å²) in [5.74, 6) is -6.42. The summed E-state index contributed by atoms with van der Waals surface area (Å²) in [4.78, 5) is 89.1. The predicted molar refractivity (Wildman–Crippen MR) is 214 cm³/mol. The van der Waals surface area contributed by atoms with E-state index in [9.17, 15) is 44.4 Å². The molecule has 0 radical (unpaired) electrons. The molecule has 0 fully saturated rings. The Bertz CT molecular complexity index is 2600. The topological polar surface area (TPSA) is 285 Å². The summed E-state index contributed by atoms with van der Waals surface area (Å²) in [7, 11) is 0. The number of rotatable bonds is 16. The Morgan fingerprint density at radius 2 is 1.14 bits per heavy atom. The number of Topliss-reactive ketones (excluding diaryl/α,β-unsaturated/α-hetero) is 1. The standard InChI is InChI=1S/C42H50N6O10/c1-7-22-21(6)39-38(41(57)33(17-37(55)56)48-42(58)26(43)13-36(53)54)40-23(8-2)18(3)29(46-40)14-27-19(4)24(9-11-34(49)50)31(44-27)16-32-25(10-12-35(51)52)20(5)28(45-32)15-30(22)47-39/h14-16,26,33,44-47H,7-13,17,43H2,1-6H3,(H,48,58)(H,49,50)(H,51,52)(H,53,54)(H,55,56)/t26-,33-/m0/s1. The molecule has 0 unspecified atom stereocenters. The Kier molecular flexibility index (Phi) is 12.8. The number of carboxylic acids is 4. The highest BCUT2D eigenvalue weighted by Gasteiger charge is 2.33. The Labute approximate surface area is 332 Å². The van der Waals surface area contributed by atoms with Crippen LogP contribution in [0.25, 0.3) is 23.8 Å². The van der Waals surface area contributed by atoms with E-state index in [2.05, 4.69) is 25.3 Å². The van der Waals surface area contributed by atoms with Gasteiger partial charge in [0.1, 0.15) is 6.04 Å². The third-order valence-electron chi connectivity index (χ3n) is 11.0. The molecule has 1 aliphatic rings. The number of hydrogen-bond acceptors (Lipinski definition) is 7. The van der Waals surface area contributed by atoms with Gasteiger partial charge < -0.3 is 51.4 Å². The zero-order valence-electron chi connectivity index (χ0n) is 33.4. The summed E-state index contributed by atoms with van der Waals surface area (Å²) < 4.78 is 0. The number of nitrogens with two attached hydrogens (primary N) is 1. The van der Waals surface area contributed by atoms with E-state index in [-0.39, 0.29) is 31.3 Å². The first-order valence-electron chi connectivity index (χ1n) is 19.1. The van der Waals surface area contributed by atoms with Gasteiger partial charge >= 0.3 is 23.9 Å². The molecule has 4 aromatic heterocycles. The zero-order chi connectivity index (χ0) is 42.7. The van der Waals surface area contributed by atoms with Crippen LogP contribution in [0.3, 0.4) is 0 Å². The summed E-state index contributed by atoms with van der Waals surface area (Å²) in [5, 5.41) is 43.2. The van der Waals surface area contributed by atoms with Crippen molar-refractivity contribution in [2.75, 3.05) is 0 Å². The SMILES string of the molecule is CCc1c2[nH]c(c1C)C(C(=O)[C@H](CC(=O)O)NC(=O)[C@@H](N)CC(=O)O)=c1[nH]c(c(C)c1CC)=Cc1[nH]c(c(CCC(=O)O)c1C)C=c1[nH]c(c(C)c1CCC(=O)O)=C2. The predicted octanol–water partition coefficient (Wildman–Crippen LogP) is 0.721. The molecule has 58 heavy (non-hydrogen) atoms. The van der Waals surface area contributed by atoms with Gasteiger partial charge in [-0.05, 0) is 116 Å². The summed E-state index contributed by atoms with van der Waals surface area (Å²) in [6, 6.07) is -3.19. The van der Waals surface area contributed by atoms with Crippen molar-refractivity contribution in [2.24, 2.45) is 5.73 Å². The van der Waals surface area contributed by atoms with Crippen molar-refractivity contribution in [3.63, 3.8) is 0 Å². The highest BCUT2D eigenvalue weighted by Crippen LogP contribution is 2.27. The smallest absolute Gasteiger partial charge is 0.305 e. The molecule has 308 valence electrons. The van der Waals surface area contributed by atoms with Crippen molar-refractivity contribution >= 4 is 59.4 Å². The molecule has 11 N–H and O–H groups in total. The van der Waals surface area contributed by atoms with Crippen LogP contribution in [0.5, 0.6) is 0 Å². The van der Waals surface area contributed by atoms with Crippen LogP contribution in [0.2, 0.25) is 0 Å². The van der Waals surface area contributed by atoms with Crippen molar-refractivity contribution in [3.8, 4) is 0 Å². The van der Waals surface area contributed by atoms with Crippen molar-refractivity contribution in [2.45, 2.75) is 105 Å². The first kappa shape index (κ1) is 42.7. The molecule has 16 heteroatoms. The van der Waals surface area contributed by atoms with E-state index >= 15 is 4.79 Å². The van der Waals surface area contributed by atoms with Crippen molar-refractivity contribution < 1.29 is 49.2 Å². The van der Waals surface area contributed by atoms with Gasteiger partial charge in [-0.1, -0.05) is 13.8 Å². The van der Waals surface area contributed by atoms with Gasteiger partial charge in [0.25, 0.3) is 0 Å². The molecule has 5 heterocycles. The second kappa shape index (κ2) is 17.4. The maximum Gasteiger partial charge on any atom is 0.305 e. The lowest BCUT2D eigenvalue weighted by Gasteiger charge is -2.20. The van der Waals surface area contributed by atoms with Gasteiger partial charge in [0, 0.05) is 46.0 Å². The van der Waals surface area contributed by atoms with E-state index in [1.807, 2.05) is 59.8 Å². The molecule has 1 aliphatic heterocycles. The van der Waals surface area contributed by atoms with Crippen molar-refractivity contribution in [3.05, 3.63) is 88.7 Å². The summed E-state index contributed by atoms with van der Waals surface area (Å²) >= 11 is 0. The molecule has 0 aliphatic carbocycles. The van der Waals surface area contributed by atoms with E-state index in [0.29, 0.717) is 62.6 Å². The van der Waals surface area contributed by atoms with Crippen LogP contribution in [0.1, 0.15) is 107 Å². The average molecular weight is 799 g/mol. The van der Waals surface area contributed by atoms with Gasteiger partial charge in [0.05, 0.1) is 35.5 Å². The Hall–Kier alpha value is -6.42. The normalized spacial score (nSPS) is 13.2. The highest BCUT2D eigenvalue weighted by atomic mass is 16.4. The highest BCUT2D eigenvalue weighted by molar-refractivity contribution is 6.24. The third kappa shape index (κ3) is 8.76. The fourth-order valence-corrected chi connectivity index (χ4v) is 7.86. The van der Waals surface area contributed by atoms with Gasteiger partial charge in [-0.2, -0.15) is 0 Å². The van der Waals surface area contributed by atoms with E-state index in [1.54, 1.807) is 0 Å². The van der Waals surface area contributed by atoms with Crippen molar-refractivity contribution in [1.82, 2.24) is 25.3 Å². The van der Waals surface area contributed by atoms with E-state index < -0.39 is 60.5 Å². The van der Waals surface area contributed by atoms with Crippen LogP contribution in [0, 0.1) is 27.7 Å². The number of nitrogens with one attached hydrogen (secondary N) is 5. The summed E-state index contributed by atoms with van der Waals surface area (Å²) in [5.41, 5.74) is 14.4. The van der Waals surface area contributed by atoms with Crippen LogP contribution in [-0.4, -0.2) is 88.0 Å². The first-order valence-corrected chi connectivity index (χ1v) is 19.1. The molecular formula is C42H50N6O10. The van der Waals surface area contributed by atoms with E-state index in [4.69, 9.17) is 5.73 Å². The molecule has 16 nitrogen and oxygen atoms in total. The molecule has 0 spiro atoms. The number of fused-ring (bicyclic) bond motifs is 8. The van der Waals surface area contributed by atoms with Crippen molar-refractivity contribution in [1.29, 1.82) is 0 Å². The van der Waals surface area contributed by atoms with Gasteiger partial charge in [0.15, 0.2) is 5.78 Å². The average Bonchev–Trinajstić information content (AvgIpc) is 3.81. The molecule has 2 atom stereocenters. The lowest BCUT2D eigenvalue weighted by Crippen LogP contribution is -2.50. The molecule has 8 bridgehead atoms. The second-order valence-electron chi connectivity index (χ2n) is 14.7. The Balaban J connectivity index is 1.94. The van der Waals surface area contributed by atoms with Gasteiger partial charge in [-0.15, -0.1) is 0 Å². The number of carbonyl (C=O) groups is 6. The number of carbonyl (C=O) groups excluding carboxylic acids is 2. The lowest BCUT2D eigenvalue weighted by molar-refractivity contribution is -0.141. The minimum atomic E-state index is -1.64. The van der Waals surface area contributed by atoms with Crippen LogP contribution in [0.4, 0.5) is 0 Å². The number of hydrogen-bond donors (Lipinski definition) is 10. The Morgan fingerprint density at radius 3 is 1.72 bits per heavy atom. The number of carboxylic acid groups (broad SMARTS) is 4. The summed E-state index contributed by atoms with van der Waals surface area (Å²) in [6.07, 6.45) is 5.15. The number of aromatic amines is 4. The van der Waals surface area contributed by atoms with E-state index in [1.165, 1.54) is 0 Å². The molecule has 5 rings (SSSR count). The van der Waals surface area contributed by atoms with Gasteiger partial charge in [0.2, 0.25) is 5.91 Å². The molecule has 1 amide bonds. The largest absolute Gasteiger partial charge is 0.481 e. The molecule has 0 saturated heterocycles. The van der Waals surface area contributed by atoms with Crippen LogP contribution < -0.4 is 32.4 Å². The fourth-order valence-electron chi connectivity index (χ4n) is 7.86. The molecule has 0 saturated carbocycles. The number of aromatic nitrogens is 4. The monoisotopic (exact) mass is 798 g/mol. The van der Waals surface area contributed by atoms with Crippen LogP contribution >= 0.6 is 0 Å². The van der Waals surface area contributed by atoms with Gasteiger partial charge in [-0.25, -0.2) is 0 Å². The number of ketones is 1. The molecular weight excluding hydrogens is 748 g/mol. The lowest BCUT2D eigenvalue weighted by atomic mass is 9.93. The van der Waals surface area contributed by atoms with Gasteiger partial charge in [-0.3, -0.25) is 28.8 Å². The number of aliphatic carboxylic acids is 4. The van der Waals surface area contributed by atoms with Crippen LogP contribution in [-0.2, 0) is 54.5 Å². The number of amides is 1. The molecule has 0 aromatic carbocycles. The van der Waals surface area contributed by atoms with Crippen LogP contribution in [0.15, 0.2) is 0 Å². The van der Waals surface area contributed by atoms with E-state index in [0.717, 1.165) is 38.9 Å². The summed E-state index contributed by atoms with van der Waals surface area (Å²) in [6.45, 7) is 11.3. The number of H-pyrrole nitrogens is 4. The minimum absolute atomic E-state index is 0.0716. The Morgan fingerprint density at radius 1 is 0.603 bits per heavy atom. The quantitative estimate of drug-likeness (QED) is 0.0754. The second-order valence-corrected chi connectivity index (χ2v) is 14.7. The molecule has 4 aromatic rings. The third-order valence-corrected chi connectivity index (χ3v) is 11.0. The first-order chi connectivity index (χ1) is 27.4. The maximum atomic E-state index is 15.0. The minimum Gasteiger partial charge on any atom is -0.481 e. The fraction of sp³-hybridized carbons (Fsp3) is 0.381. The zero-order valence-corrected chi connectivity index (χ0v) is 33.4. The maximum absolute atomic E-state index is 15.0.